The Morgan fingerprint density at radius 3 is 2.43 bits per heavy atom. The molecule has 1 aliphatic rings. The monoisotopic (exact) mass is 117 g/mol. The topological polar surface area (TPSA) is 12.0 Å². The van der Waals surface area contributed by atoms with Crippen molar-refractivity contribution in [1.29, 1.82) is 0 Å². The Hall–Kier alpha value is -0.110. The molecule has 0 aromatic rings. The van der Waals surface area contributed by atoms with E-state index in [4.69, 9.17) is 0 Å². The molecule has 42 valence electrons. The molecule has 0 fully saturated rings. The van der Waals surface area contributed by atoms with E-state index in [1.54, 1.807) is 11.9 Å². The molecule has 0 radical (unpaired) electrons. The van der Waals surface area contributed by atoms with E-state index in [9.17, 15) is 0 Å². The van der Waals surface area contributed by atoms with Crippen LogP contribution in [0.5, 0.6) is 0 Å². The van der Waals surface area contributed by atoms with Gasteiger partial charge in [-0.3, -0.25) is 0 Å². The van der Waals surface area contributed by atoms with Crippen molar-refractivity contribution >= 4 is 11.9 Å². The van der Waals surface area contributed by atoms with Crippen molar-refractivity contribution in [2.75, 3.05) is 5.75 Å². The summed E-state index contributed by atoms with van der Waals surface area (Å²) in [5, 5.41) is 0. The van der Waals surface area contributed by atoms with E-state index in [2.05, 4.69) is 10.8 Å². The van der Waals surface area contributed by atoms with Crippen LogP contribution in [-0.4, -0.2) is 5.75 Å². The molecular formula is C5H11NS. The smallest absolute Gasteiger partial charge is 0.0329 e. The highest BCUT2D eigenvalue weighted by Crippen LogP contribution is 1.98. The van der Waals surface area contributed by atoms with E-state index in [1.165, 1.54) is 0 Å². The zero-order chi connectivity index (χ0) is 5.54. The van der Waals surface area contributed by atoms with E-state index < -0.39 is 0 Å². The zero-order valence-corrected chi connectivity index (χ0v) is 5.59. The van der Waals surface area contributed by atoms with E-state index >= 15 is 0 Å². The van der Waals surface area contributed by atoms with Crippen LogP contribution in [-0.2, 0) is 0 Å². The predicted octanol–water partition coefficient (Wildman–Crippen LogP) is 1.78. The minimum absolute atomic E-state index is 1.12. The standard InChI is InChI=1S/C3H5NS.C2H6/c1-2-4-5-3-1;1-2/h1-2,4H,3H2;1-2H3. The van der Waals surface area contributed by atoms with Crippen LogP contribution >= 0.6 is 11.9 Å². The lowest BCUT2D eigenvalue weighted by Gasteiger charge is -1.77. The summed E-state index contributed by atoms with van der Waals surface area (Å²) in [5.74, 6) is 1.12. The average Bonchev–Trinajstić information content (AvgIpc) is 2.23. The van der Waals surface area contributed by atoms with Gasteiger partial charge in [0, 0.05) is 12.0 Å². The van der Waals surface area contributed by atoms with Crippen LogP contribution in [0.15, 0.2) is 12.3 Å². The van der Waals surface area contributed by atoms with E-state index in [0.29, 0.717) is 0 Å². The Bertz CT molecular complexity index is 46.0. The van der Waals surface area contributed by atoms with Gasteiger partial charge in [0.15, 0.2) is 0 Å². The van der Waals surface area contributed by atoms with E-state index in [1.807, 2.05) is 20.0 Å². The zero-order valence-electron chi connectivity index (χ0n) is 4.77. The lowest BCUT2D eigenvalue weighted by Crippen LogP contribution is -1.78. The van der Waals surface area contributed by atoms with Gasteiger partial charge in [-0.1, -0.05) is 19.9 Å². The second-order valence-corrected chi connectivity index (χ2v) is 1.69. The van der Waals surface area contributed by atoms with Crippen molar-refractivity contribution in [3.63, 3.8) is 0 Å². The summed E-state index contributed by atoms with van der Waals surface area (Å²) >= 11 is 1.71. The van der Waals surface area contributed by atoms with Crippen LogP contribution in [0.25, 0.3) is 0 Å². The fourth-order valence-electron chi connectivity index (χ4n) is 0.241. The van der Waals surface area contributed by atoms with Gasteiger partial charge in [-0.25, -0.2) is 0 Å². The number of rotatable bonds is 0. The molecule has 7 heavy (non-hydrogen) atoms. The quantitative estimate of drug-likeness (QED) is 0.485. The summed E-state index contributed by atoms with van der Waals surface area (Å²) in [4.78, 5) is 0. The summed E-state index contributed by atoms with van der Waals surface area (Å²) in [6.45, 7) is 4.00. The molecule has 0 atom stereocenters. The molecule has 0 bridgehead atoms. The van der Waals surface area contributed by atoms with Crippen molar-refractivity contribution in [1.82, 2.24) is 4.72 Å². The molecule has 1 heterocycles. The van der Waals surface area contributed by atoms with Crippen molar-refractivity contribution in [2.24, 2.45) is 0 Å². The van der Waals surface area contributed by atoms with Gasteiger partial charge >= 0.3 is 0 Å². The maximum atomic E-state index is 2.96. The highest BCUT2D eigenvalue weighted by atomic mass is 32.2. The molecule has 0 spiro atoms. The summed E-state index contributed by atoms with van der Waals surface area (Å²) < 4.78 is 2.96. The number of hydrogen-bond donors (Lipinski definition) is 1. The predicted molar refractivity (Wildman–Crippen MR) is 36.1 cm³/mol. The molecule has 0 aliphatic carbocycles. The fourth-order valence-corrected chi connectivity index (χ4v) is 0.722. The molecule has 1 N–H and O–H groups in total. The molecule has 0 unspecified atom stereocenters. The van der Waals surface area contributed by atoms with Gasteiger partial charge < -0.3 is 4.72 Å². The number of hydrogen-bond acceptors (Lipinski definition) is 2. The Morgan fingerprint density at radius 1 is 1.57 bits per heavy atom. The van der Waals surface area contributed by atoms with Gasteiger partial charge in [-0.15, -0.1) is 0 Å². The maximum absolute atomic E-state index is 2.96. The normalized spacial score (nSPS) is 14.6. The Balaban J connectivity index is 0.000000162. The summed E-state index contributed by atoms with van der Waals surface area (Å²) in [6.07, 6.45) is 4.04. The van der Waals surface area contributed by atoms with Crippen LogP contribution in [0.2, 0.25) is 0 Å². The molecule has 1 nitrogen and oxygen atoms in total. The molecule has 0 aromatic heterocycles. The lowest BCUT2D eigenvalue weighted by atomic mass is 10.7. The van der Waals surface area contributed by atoms with Crippen LogP contribution in [0.3, 0.4) is 0 Å². The first-order valence-corrected chi connectivity index (χ1v) is 3.51. The Labute approximate surface area is 49.3 Å². The second kappa shape index (κ2) is 5.89. The van der Waals surface area contributed by atoms with Crippen LogP contribution < -0.4 is 4.72 Å². The third kappa shape index (κ3) is 3.73. The van der Waals surface area contributed by atoms with Crippen molar-refractivity contribution in [3.8, 4) is 0 Å². The molecule has 0 saturated heterocycles. The summed E-state index contributed by atoms with van der Waals surface area (Å²) in [6, 6.07) is 0. The number of nitrogens with one attached hydrogen (secondary N) is 1. The second-order valence-electron chi connectivity index (χ2n) is 0.831. The van der Waals surface area contributed by atoms with Gasteiger partial charge in [0.2, 0.25) is 0 Å². The van der Waals surface area contributed by atoms with Gasteiger partial charge in [0.1, 0.15) is 0 Å². The molecular weight excluding hydrogens is 106 g/mol. The van der Waals surface area contributed by atoms with E-state index in [0.717, 1.165) is 5.75 Å². The molecule has 2 heteroatoms. The Morgan fingerprint density at radius 2 is 2.29 bits per heavy atom. The highest BCUT2D eigenvalue weighted by Gasteiger charge is 1.82. The van der Waals surface area contributed by atoms with Gasteiger partial charge in [0.25, 0.3) is 0 Å². The summed E-state index contributed by atoms with van der Waals surface area (Å²) in [7, 11) is 0. The molecule has 0 saturated carbocycles. The van der Waals surface area contributed by atoms with Crippen LogP contribution in [0, 0.1) is 0 Å². The van der Waals surface area contributed by atoms with Gasteiger partial charge in [0.05, 0.1) is 0 Å². The maximum Gasteiger partial charge on any atom is 0.0329 e. The SMILES string of the molecule is C1=CNSC1.CC. The van der Waals surface area contributed by atoms with Crippen molar-refractivity contribution in [2.45, 2.75) is 13.8 Å². The third-order valence-electron chi connectivity index (χ3n) is 0.449. The van der Waals surface area contributed by atoms with Crippen LogP contribution in [0.1, 0.15) is 13.8 Å². The molecule has 1 rings (SSSR count). The first-order valence-electron chi connectivity index (χ1n) is 2.52. The fraction of sp³-hybridized carbons (Fsp3) is 0.600. The van der Waals surface area contributed by atoms with Crippen LogP contribution in [0.4, 0.5) is 0 Å². The van der Waals surface area contributed by atoms with Gasteiger partial charge in [-0.2, -0.15) is 0 Å². The third-order valence-corrected chi connectivity index (χ3v) is 1.11. The Kier molecular flexibility index (Phi) is 5.80. The van der Waals surface area contributed by atoms with Crippen molar-refractivity contribution < 1.29 is 0 Å². The minimum Gasteiger partial charge on any atom is -0.337 e. The largest absolute Gasteiger partial charge is 0.337 e. The first-order chi connectivity index (χ1) is 3.50. The van der Waals surface area contributed by atoms with E-state index in [-0.39, 0.29) is 0 Å². The molecule has 1 aliphatic heterocycles. The minimum atomic E-state index is 1.12. The molecule has 0 amide bonds. The van der Waals surface area contributed by atoms with Gasteiger partial charge in [-0.05, 0) is 11.9 Å². The highest BCUT2D eigenvalue weighted by molar-refractivity contribution is 7.97. The average molecular weight is 117 g/mol. The lowest BCUT2D eigenvalue weighted by molar-refractivity contribution is 1.46. The first kappa shape index (κ1) is 6.89. The molecule has 0 aromatic carbocycles. The van der Waals surface area contributed by atoms with Crippen molar-refractivity contribution in [3.05, 3.63) is 12.3 Å². The summed E-state index contributed by atoms with van der Waals surface area (Å²) in [5.41, 5.74) is 0.